The minimum Gasteiger partial charge on any atom is -0.493 e. The van der Waals surface area contributed by atoms with Gasteiger partial charge in [0.25, 0.3) is 0 Å². The summed E-state index contributed by atoms with van der Waals surface area (Å²) in [6.07, 6.45) is 11.2. The lowest BCUT2D eigenvalue weighted by Gasteiger charge is -2.31. The average molecular weight is 561 g/mol. The van der Waals surface area contributed by atoms with E-state index in [1.54, 1.807) is 0 Å². The molecule has 0 amide bonds. The van der Waals surface area contributed by atoms with E-state index in [2.05, 4.69) is 46.3 Å². The molecule has 36 heavy (non-hydrogen) atoms. The molecule has 1 aliphatic heterocycles. The number of hydrogen-bond acceptors (Lipinski definition) is 6. The van der Waals surface area contributed by atoms with Gasteiger partial charge in [-0.15, -0.1) is 37.2 Å². The predicted octanol–water partition coefficient (Wildman–Crippen LogP) is 5.48. The highest BCUT2D eigenvalue weighted by Gasteiger charge is 2.24. The van der Waals surface area contributed by atoms with Crippen molar-refractivity contribution in [1.29, 1.82) is 0 Å². The predicted molar refractivity (Wildman–Crippen MR) is 151 cm³/mol. The number of aromatic nitrogens is 3. The number of nitrogens with zero attached hydrogens (tertiary/aromatic N) is 5. The Kier molecular flexibility index (Phi) is 12.3. The van der Waals surface area contributed by atoms with E-state index in [4.69, 9.17) is 9.26 Å². The van der Waals surface area contributed by atoms with Gasteiger partial charge < -0.3 is 19.1 Å². The van der Waals surface area contributed by atoms with Gasteiger partial charge in [-0.05, 0) is 95.7 Å². The van der Waals surface area contributed by atoms with Gasteiger partial charge >= 0.3 is 0 Å². The molecule has 5 rings (SSSR count). The van der Waals surface area contributed by atoms with Crippen molar-refractivity contribution in [1.82, 2.24) is 24.7 Å². The smallest absolute Gasteiger partial charge is 0.175 e. The van der Waals surface area contributed by atoms with Crippen molar-refractivity contribution < 1.29 is 9.26 Å². The topological polar surface area (TPSA) is 59.6 Å². The fourth-order valence-corrected chi connectivity index (χ4v) is 4.88. The second-order valence-electron chi connectivity index (χ2n) is 10.1. The summed E-state index contributed by atoms with van der Waals surface area (Å²) in [6.45, 7) is 6.03. The molecule has 1 saturated carbocycles. The van der Waals surface area contributed by atoms with E-state index in [9.17, 15) is 0 Å². The van der Waals surface area contributed by atoms with Crippen LogP contribution in [0.3, 0.4) is 0 Å². The maximum absolute atomic E-state index is 6.16. The average Bonchev–Trinajstić information content (AvgIpc) is 3.32. The van der Waals surface area contributed by atoms with Gasteiger partial charge in [-0.2, -0.15) is 5.10 Å². The zero-order valence-corrected chi connectivity index (χ0v) is 23.8. The van der Waals surface area contributed by atoms with Crippen LogP contribution in [0.4, 0.5) is 0 Å². The van der Waals surface area contributed by atoms with E-state index < -0.39 is 0 Å². The van der Waals surface area contributed by atoms with Crippen LogP contribution in [0, 0.1) is 11.8 Å². The van der Waals surface area contributed by atoms with Crippen molar-refractivity contribution in [2.75, 3.05) is 40.3 Å². The first-order chi connectivity index (χ1) is 16.2. The molecular weight excluding hydrogens is 521 g/mol. The minimum atomic E-state index is 0. The van der Waals surface area contributed by atoms with Crippen LogP contribution < -0.4 is 4.74 Å². The summed E-state index contributed by atoms with van der Waals surface area (Å²) < 4.78 is 14.1. The monoisotopic (exact) mass is 559 g/mol. The lowest BCUT2D eigenvalue weighted by atomic mass is 9.91. The van der Waals surface area contributed by atoms with Crippen molar-refractivity contribution in [2.24, 2.45) is 11.8 Å². The van der Waals surface area contributed by atoms with Crippen LogP contribution >= 0.6 is 37.2 Å². The van der Waals surface area contributed by atoms with Crippen molar-refractivity contribution in [3.63, 3.8) is 0 Å². The first-order valence-corrected chi connectivity index (χ1v) is 12.5. The van der Waals surface area contributed by atoms with Crippen LogP contribution in [0.15, 0.2) is 35.1 Å². The van der Waals surface area contributed by atoms with Crippen molar-refractivity contribution >= 4 is 48.2 Å². The Labute approximate surface area is 233 Å². The highest BCUT2D eigenvalue weighted by atomic mass is 35.5. The molecule has 202 valence electrons. The van der Waals surface area contributed by atoms with Crippen LogP contribution in [0.25, 0.3) is 11.0 Å². The molecule has 0 N–H and O–H groups in total. The van der Waals surface area contributed by atoms with Gasteiger partial charge in [-0.25, -0.2) is 0 Å². The molecule has 3 aromatic rings. The van der Waals surface area contributed by atoms with Gasteiger partial charge in [0.15, 0.2) is 5.58 Å². The Bertz CT molecular complexity index is 1030. The third-order valence-electron chi connectivity index (χ3n) is 7.12. The van der Waals surface area contributed by atoms with Gasteiger partial charge in [0.1, 0.15) is 5.75 Å². The molecule has 3 heterocycles. The summed E-state index contributed by atoms with van der Waals surface area (Å²) in [6, 6.07) is 6.27. The van der Waals surface area contributed by atoms with Crippen molar-refractivity contribution in [2.45, 2.75) is 51.6 Å². The number of aryl methyl sites for hydroxylation is 1. The van der Waals surface area contributed by atoms with Crippen LogP contribution in [-0.4, -0.2) is 65.1 Å². The fraction of sp³-hybridized carbons (Fsp3) is 0.615. The van der Waals surface area contributed by atoms with Gasteiger partial charge in [0.2, 0.25) is 0 Å². The quantitative estimate of drug-likeness (QED) is 0.309. The fourth-order valence-electron chi connectivity index (χ4n) is 4.88. The number of likely N-dealkylation sites (tertiary alicyclic amines) is 1. The van der Waals surface area contributed by atoms with Gasteiger partial charge in [0.05, 0.1) is 24.4 Å². The second-order valence-corrected chi connectivity index (χ2v) is 10.1. The number of halogens is 3. The molecule has 0 unspecified atom stereocenters. The van der Waals surface area contributed by atoms with E-state index in [1.165, 1.54) is 45.2 Å². The molecule has 0 spiro atoms. The second kappa shape index (κ2) is 14.4. The Morgan fingerprint density at radius 3 is 2.47 bits per heavy atom. The molecule has 2 aromatic heterocycles. The van der Waals surface area contributed by atoms with Gasteiger partial charge in [-0.3, -0.25) is 4.68 Å². The Balaban J connectivity index is 0.00000152. The van der Waals surface area contributed by atoms with Crippen LogP contribution in [0.1, 0.15) is 43.4 Å². The minimum absolute atomic E-state index is 0. The molecule has 0 radical (unpaired) electrons. The third kappa shape index (κ3) is 7.99. The number of rotatable bonds is 11. The van der Waals surface area contributed by atoms with Crippen molar-refractivity contribution in [3.8, 4) is 5.75 Å². The molecule has 2 aliphatic rings. The van der Waals surface area contributed by atoms with Gasteiger partial charge in [-0.1, -0.05) is 5.16 Å². The molecule has 1 saturated heterocycles. The largest absolute Gasteiger partial charge is 0.493 e. The SMILES string of the molecule is CN(C)Cc1c(OCC2CC2)ccc2c(CCC3CCN(CCn4cccn4)CC3)noc12.Cl.Cl.Cl. The highest BCUT2D eigenvalue weighted by Crippen LogP contribution is 2.35. The lowest BCUT2D eigenvalue weighted by molar-refractivity contribution is 0.172. The number of hydrogen-bond donors (Lipinski definition) is 0. The van der Waals surface area contributed by atoms with Gasteiger partial charge in [0, 0.05) is 30.9 Å². The summed E-state index contributed by atoms with van der Waals surface area (Å²) in [7, 11) is 4.17. The van der Waals surface area contributed by atoms with Crippen LogP contribution in [-0.2, 0) is 19.5 Å². The lowest BCUT2D eigenvalue weighted by Crippen LogP contribution is -2.36. The molecule has 1 aliphatic carbocycles. The normalized spacial score (nSPS) is 16.4. The van der Waals surface area contributed by atoms with E-state index in [1.807, 2.05) is 23.1 Å². The maximum Gasteiger partial charge on any atom is 0.175 e. The summed E-state index contributed by atoms with van der Waals surface area (Å²) in [5.41, 5.74) is 3.13. The van der Waals surface area contributed by atoms with E-state index in [0.29, 0.717) is 0 Å². The van der Waals surface area contributed by atoms with Crippen molar-refractivity contribution in [3.05, 3.63) is 41.9 Å². The molecule has 0 bridgehead atoms. The summed E-state index contributed by atoms with van der Waals surface area (Å²) in [5, 5.41) is 9.96. The van der Waals surface area contributed by atoms with E-state index in [-0.39, 0.29) is 37.2 Å². The number of benzene rings is 1. The summed E-state index contributed by atoms with van der Waals surface area (Å²) in [4.78, 5) is 4.74. The molecule has 7 nitrogen and oxygen atoms in total. The van der Waals surface area contributed by atoms with Crippen LogP contribution in [0.2, 0.25) is 0 Å². The Hall–Kier alpha value is -1.51. The molecule has 1 aromatic carbocycles. The zero-order valence-electron chi connectivity index (χ0n) is 21.3. The molecule has 0 atom stereocenters. The summed E-state index contributed by atoms with van der Waals surface area (Å²) >= 11 is 0. The number of piperidine rings is 1. The standard InChI is InChI=1S/C26H37N5O2.3ClH/c1-29(2)18-23-25(32-19-21-4-5-21)9-7-22-24(28-33-26(22)23)8-6-20-10-14-30(15-11-20)16-17-31-13-3-12-27-31;;;/h3,7,9,12-13,20-21H,4-6,8,10-11,14-19H2,1-2H3;3*1H. The Morgan fingerprint density at radius 1 is 1.03 bits per heavy atom. The molecular formula is C26H40Cl3N5O2. The number of ether oxygens (including phenoxy) is 1. The molecule has 2 fully saturated rings. The van der Waals surface area contributed by atoms with E-state index in [0.717, 1.165) is 72.5 Å². The van der Waals surface area contributed by atoms with E-state index >= 15 is 0 Å². The first kappa shape index (κ1) is 30.7. The zero-order chi connectivity index (χ0) is 22.6. The third-order valence-corrected chi connectivity index (χ3v) is 7.12. The molecule has 10 heteroatoms. The first-order valence-electron chi connectivity index (χ1n) is 12.5. The number of fused-ring (bicyclic) bond motifs is 1. The Morgan fingerprint density at radius 2 is 1.81 bits per heavy atom. The maximum atomic E-state index is 6.16. The summed E-state index contributed by atoms with van der Waals surface area (Å²) in [5.74, 6) is 2.45. The van der Waals surface area contributed by atoms with Crippen LogP contribution in [0.5, 0.6) is 5.75 Å². The highest BCUT2D eigenvalue weighted by molar-refractivity contribution is 5.86.